The Morgan fingerprint density at radius 2 is 2.20 bits per heavy atom. The van der Waals surface area contributed by atoms with E-state index >= 15 is 0 Å². The van der Waals surface area contributed by atoms with E-state index < -0.39 is 0 Å². The van der Waals surface area contributed by atoms with E-state index in [9.17, 15) is 0 Å². The molecule has 0 aliphatic rings. The zero-order valence-corrected chi connectivity index (χ0v) is 9.58. The molecular formula is C11H19N3O. The molecule has 15 heavy (non-hydrogen) atoms. The van der Waals surface area contributed by atoms with Gasteiger partial charge >= 0.3 is 0 Å². The Hall–Kier alpha value is -1.26. The summed E-state index contributed by atoms with van der Waals surface area (Å²) in [4.78, 5) is 2.01. The average molecular weight is 209 g/mol. The van der Waals surface area contributed by atoms with Crippen molar-refractivity contribution in [1.29, 1.82) is 0 Å². The van der Waals surface area contributed by atoms with Gasteiger partial charge in [-0.1, -0.05) is 13.0 Å². The second-order valence-electron chi connectivity index (χ2n) is 3.42. The lowest BCUT2D eigenvalue weighted by atomic mass is 10.1. The number of benzene rings is 1. The third kappa shape index (κ3) is 2.84. The van der Waals surface area contributed by atoms with Gasteiger partial charge in [0.25, 0.3) is 0 Å². The molecule has 0 aromatic heterocycles. The third-order valence-corrected chi connectivity index (χ3v) is 2.39. The van der Waals surface area contributed by atoms with Crippen molar-refractivity contribution >= 4 is 5.69 Å². The molecule has 4 heteroatoms. The van der Waals surface area contributed by atoms with Gasteiger partial charge in [-0.25, -0.2) is 5.43 Å². The molecule has 84 valence electrons. The lowest BCUT2D eigenvalue weighted by molar-refractivity contribution is 0.414. The van der Waals surface area contributed by atoms with Crippen molar-refractivity contribution < 1.29 is 4.74 Å². The molecule has 0 fully saturated rings. The van der Waals surface area contributed by atoms with Crippen LogP contribution in [0.1, 0.15) is 12.5 Å². The molecule has 1 aromatic carbocycles. The summed E-state index contributed by atoms with van der Waals surface area (Å²) in [7, 11) is 3.64. The number of nitrogens with one attached hydrogen (secondary N) is 1. The van der Waals surface area contributed by atoms with E-state index in [4.69, 9.17) is 10.6 Å². The number of hydrogen-bond donors (Lipinski definition) is 2. The van der Waals surface area contributed by atoms with Crippen LogP contribution in [0.3, 0.4) is 0 Å². The highest BCUT2D eigenvalue weighted by molar-refractivity contribution is 5.59. The predicted molar refractivity (Wildman–Crippen MR) is 63.0 cm³/mol. The summed E-state index contributed by atoms with van der Waals surface area (Å²) in [5.41, 5.74) is 4.96. The highest BCUT2D eigenvalue weighted by Crippen LogP contribution is 2.28. The van der Waals surface area contributed by atoms with Crippen LogP contribution in [0, 0.1) is 0 Å². The van der Waals surface area contributed by atoms with Gasteiger partial charge in [0, 0.05) is 7.05 Å². The van der Waals surface area contributed by atoms with Crippen molar-refractivity contribution in [3.63, 3.8) is 0 Å². The Morgan fingerprint density at radius 3 is 2.73 bits per heavy atom. The molecular weight excluding hydrogens is 190 g/mol. The van der Waals surface area contributed by atoms with E-state index in [1.165, 1.54) is 5.56 Å². The van der Waals surface area contributed by atoms with Gasteiger partial charge in [0.15, 0.2) is 0 Å². The van der Waals surface area contributed by atoms with Crippen LogP contribution in [0.25, 0.3) is 0 Å². The molecule has 0 aliphatic carbocycles. The van der Waals surface area contributed by atoms with Gasteiger partial charge in [-0.05, 0) is 24.1 Å². The first-order chi connectivity index (χ1) is 7.22. The maximum atomic E-state index is 5.30. The van der Waals surface area contributed by atoms with Crippen molar-refractivity contribution in [2.75, 3.05) is 25.7 Å². The van der Waals surface area contributed by atoms with Crippen molar-refractivity contribution in [2.45, 2.75) is 13.3 Å². The number of aryl methyl sites for hydroxylation is 1. The monoisotopic (exact) mass is 209 g/mol. The maximum Gasteiger partial charge on any atom is 0.142 e. The summed E-state index contributed by atoms with van der Waals surface area (Å²) in [5, 5.41) is 0. The first-order valence-corrected chi connectivity index (χ1v) is 5.04. The van der Waals surface area contributed by atoms with E-state index in [1.54, 1.807) is 7.11 Å². The lowest BCUT2D eigenvalue weighted by Gasteiger charge is -2.21. The number of hydrazine groups is 1. The van der Waals surface area contributed by atoms with Crippen molar-refractivity contribution in [3.05, 3.63) is 23.8 Å². The van der Waals surface area contributed by atoms with Crippen LogP contribution in [-0.4, -0.2) is 20.8 Å². The Labute approximate surface area is 91.0 Å². The predicted octanol–water partition coefficient (Wildman–Crippen LogP) is 1.11. The molecule has 0 saturated carbocycles. The number of nitrogens with two attached hydrogens (primary N) is 1. The van der Waals surface area contributed by atoms with E-state index in [0.717, 1.165) is 17.9 Å². The summed E-state index contributed by atoms with van der Waals surface area (Å²) < 4.78 is 5.30. The quantitative estimate of drug-likeness (QED) is 0.433. The fourth-order valence-corrected chi connectivity index (χ4v) is 1.48. The van der Waals surface area contributed by atoms with E-state index in [1.807, 2.05) is 18.0 Å². The van der Waals surface area contributed by atoms with E-state index in [0.29, 0.717) is 6.67 Å². The Bertz CT molecular complexity index is 315. The molecule has 3 N–H and O–H groups in total. The summed E-state index contributed by atoms with van der Waals surface area (Å²) in [5.74, 6) is 6.16. The van der Waals surface area contributed by atoms with Gasteiger partial charge in [-0.2, -0.15) is 0 Å². The van der Waals surface area contributed by atoms with Gasteiger partial charge in [0.05, 0.1) is 19.5 Å². The van der Waals surface area contributed by atoms with E-state index in [-0.39, 0.29) is 0 Å². The second kappa shape index (κ2) is 5.58. The number of anilines is 1. The summed E-state index contributed by atoms with van der Waals surface area (Å²) >= 11 is 0. The fourth-order valence-electron chi connectivity index (χ4n) is 1.48. The van der Waals surface area contributed by atoms with Crippen LogP contribution in [-0.2, 0) is 6.42 Å². The average Bonchev–Trinajstić information content (AvgIpc) is 2.28. The standard InChI is InChI=1S/C11H19N3O/c1-4-9-5-6-11(15-3)10(7-9)14(2)8-13-12/h5-7,13H,4,8,12H2,1-3H3. The fraction of sp³-hybridized carbons (Fsp3) is 0.455. The number of nitrogens with zero attached hydrogens (tertiary/aromatic N) is 1. The topological polar surface area (TPSA) is 50.5 Å². The van der Waals surface area contributed by atoms with Gasteiger partial charge in [-0.15, -0.1) is 0 Å². The molecule has 1 aromatic rings. The minimum Gasteiger partial charge on any atom is -0.495 e. The Kier molecular flexibility index (Phi) is 4.39. The zero-order chi connectivity index (χ0) is 11.3. The molecule has 0 atom stereocenters. The maximum absolute atomic E-state index is 5.30. The van der Waals surface area contributed by atoms with Crippen molar-refractivity contribution in [2.24, 2.45) is 5.84 Å². The first kappa shape index (κ1) is 11.8. The molecule has 0 heterocycles. The van der Waals surface area contributed by atoms with Gasteiger partial charge < -0.3 is 9.64 Å². The molecule has 4 nitrogen and oxygen atoms in total. The van der Waals surface area contributed by atoms with Crippen LogP contribution in [0.2, 0.25) is 0 Å². The number of ether oxygens (including phenoxy) is 1. The van der Waals surface area contributed by atoms with Crippen LogP contribution in [0.4, 0.5) is 5.69 Å². The highest BCUT2D eigenvalue weighted by Gasteiger charge is 2.07. The molecule has 0 saturated heterocycles. The second-order valence-corrected chi connectivity index (χ2v) is 3.42. The van der Waals surface area contributed by atoms with Crippen LogP contribution in [0.15, 0.2) is 18.2 Å². The highest BCUT2D eigenvalue weighted by atomic mass is 16.5. The number of methoxy groups -OCH3 is 1. The lowest BCUT2D eigenvalue weighted by Crippen LogP contribution is -2.35. The van der Waals surface area contributed by atoms with Crippen LogP contribution >= 0.6 is 0 Å². The van der Waals surface area contributed by atoms with Crippen molar-refractivity contribution in [3.8, 4) is 5.75 Å². The van der Waals surface area contributed by atoms with Gasteiger partial charge in [0.1, 0.15) is 5.75 Å². The normalized spacial score (nSPS) is 10.1. The minimum absolute atomic E-state index is 0.587. The Morgan fingerprint density at radius 1 is 1.47 bits per heavy atom. The minimum atomic E-state index is 0.587. The molecule has 0 spiro atoms. The van der Waals surface area contributed by atoms with Gasteiger partial charge in [-0.3, -0.25) is 5.84 Å². The third-order valence-electron chi connectivity index (χ3n) is 2.39. The molecule has 0 amide bonds. The van der Waals surface area contributed by atoms with Crippen LogP contribution in [0.5, 0.6) is 5.75 Å². The molecule has 0 bridgehead atoms. The van der Waals surface area contributed by atoms with Gasteiger partial charge in [0.2, 0.25) is 0 Å². The molecule has 0 unspecified atom stereocenters. The summed E-state index contributed by atoms with van der Waals surface area (Å²) in [6.45, 7) is 2.72. The first-order valence-electron chi connectivity index (χ1n) is 5.04. The molecule has 0 radical (unpaired) electrons. The molecule has 1 rings (SSSR count). The number of hydrogen-bond acceptors (Lipinski definition) is 4. The zero-order valence-electron chi connectivity index (χ0n) is 9.58. The smallest absolute Gasteiger partial charge is 0.142 e. The van der Waals surface area contributed by atoms with Crippen molar-refractivity contribution in [1.82, 2.24) is 5.43 Å². The van der Waals surface area contributed by atoms with Crippen LogP contribution < -0.4 is 20.9 Å². The summed E-state index contributed by atoms with van der Waals surface area (Å²) in [6, 6.07) is 6.18. The SMILES string of the molecule is CCc1ccc(OC)c(N(C)CNN)c1. The molecule has 0 aliphatic heterocycles. The summed E-state index contributed by atoms with van der Waals surface area (Å²) in [6.07, 6.45) is 1.01. The largest absolute Gasteiger partial charge is 0.495 e. The number of rotatable bonds is 5. The Balaban J connectivity index is 3.00. The van der Waals surface area contributed by atoms with E-state index in [2.05, 4.69) is 24.5 Å².